The van der Waals surface area contributed by atoms with Gasteiger partial charge >= 0.3 is 0 Å². The Labute approximate surface area is 163 Å². The van der Waals surface area contributed by atoms with E-state index in [2.05, 4.69) is 9.82 Å². The molecule has 7 nitrogen and oxygen atoms in total. The molecule has 0 spiro atoms. The number of fused-ring (bicyclic) bond motifs is 1. The molecule has 0 radical (unpaired) electrons. The van der Waals surface area contributed by atoms with Crippen LogP contribution in [0.4, 0.5) is 5.69 Å². The molecule has 1 aliphatic rings. The molecule has 0 atom stereocenters. The molecule has 8 heteroatoms. The predicted molar refractivity (Wildman–Crippen MR) is 105 cm³/mol. The zero-order chi connectivity index (χ0) is 19.7. The lowest BCUT2D eigenvalue weighted by atomic mass is 9.97. The highest BCUT2D eigenvalue weighted by Gasteiger charge is 2.22. The summed E-state index contributed by atoms with van der Waals surface area (Å²) in [6.45, 7) is 0. The van der Waals surface area contributed by atoms with Crippen molar-refractivity contribution in [2.45, 2.75) is 24.2 Å². The monoisotopic (exact) mass is 397 g/mol. The van der Waals surface area contributed by atoms with Crippen molar-refractivity contribution in [3.05, 3.63) is 66.0 Å². The third-order valence-electron chi connectivity index (χ3n) is 4.72. The van der Waals surface area contributed by atoms with Crippen LogP contribution in [-0.2, 0) is 16.4 Å². The Morgan fingerprint density at radius 1 is 1.04 bits per heavy atom. The van der Waals surface area contributed by atoms with E-state index in [1.807, 2.05) is 0 Å². The highest BCUT2D eigenvalue weighted by atomic mass is 32.2. The lowest BCUT2D eigenvalue weighted by Crippen LogP contribution is -2.14. The fourth-order valence-corrected chi connectivity index (χ4v) is 4.32. The van der Waals surface area contributed by atoms with Crippen molar-refractivity contribution < 1.29 is 17.9 Å². The van der Waals surface area contributed by atoms with Crippen LogP contribution in [-0.4, -0.2) is 31.1 Å². The molecule has 1 aliphatic carbocycles. The number of nitrogens with one attached hydrogen (secondary N) is 1. The first-order chi connectivity index (χ1) is 13.5. The van der Waals surface area contributed by atoms with E-state index >= 15 is 0 Å². The van der Waals surface area contributed by atoms with Gasteiger partial charge in [0.1, 0.15) is 5.75 Å². The number of methoxy groups -OCH3 is 1. The van der Waals surface area contributed by atoms with Gasteiger partial charge in [-0.3, -0.25) is 9.52 Å². The lowest BCUT2D eigenvalue weighted by Gasteiger charge is -2.14. The zero-order valence-electron chi connectivity index (χ0n) is 15.3. The van der Waals surface area contributed by atoms with E-state index in [4.69, 9.17) is 4.74 Å². The largest absolute Gasteiger partial charge is 0.497 e. The van der Waals surface area contributed by atoms with Crippen LogP contribution in [0.2, 0.25) is 0 Å². The number of hydrogen-bond acceptors (Lipinski definition) is 5. The van der Waals surface area contributed by atoms with Crippen LogP contribution in [0, 0.1) is 0 Å². The highest BCUT2D eigenvalue weighted by Crippen LogP contribution is 2.25. The minimum Gasteiger partial charge on any atom is -0.497 e. The Kier molecular flexibility index (Phi) is 4.64. The molecule has 0 aliphatic heterocycles. The number of sulfonamides is 1. The molecule has 0 fully saturated rings. The number of aromatic nitrogens is 2. The van der Waals surface area contributed by atoms with Crippen LogP contribution in [0.25, 0.3) is 5.69 Å². The topological polar surface area (TPSA) is 90.3 Å². The van der Waals surface area contributed by atoms with Gasteiger partial charge in [-0.1, -0.05) is 0 Å². The van der Waals surface area contributed by atoms with Gasteiger partial charge in [-0.2, -0.15) is 5.10 Å². The SMILES string of the molecule is COc1ccc(NS(=O)(=O)c2ccc(-n3ncc4c3CCCC4=O)cc2)cc1. The summed E-state index contributed by atoms with van der Waals surface area (Å²) < 4.78 is 34.6. The molecule has 0 saturated carbocycles. The molecule has 0 bridgehead atoms. The number of hydrogen-bond donors (Lipinski definition) is 1. The molecule has 1 heterocycles. The van der Waals surface area contributed by atoms with Gasteiger partial charge in [-0.05, 0) is 61.4 Å². The molecule has 144 valence electrons. The molecule has 1 N–H and O–H groups in total. The summed E-state index contributed by atoms with van der Waals surface area (Å²) in [5.74, 6) is 0.753. The van der Waals surface area contributed by atoms with Crippen LogP contribution in [0.5, 0.6) is 5.75 Å². The molecule has 4 rings (SSSR count). The smallest absolute Gasteiger partial charge is 0.261 e. The number of Topliss-reactive ketones (excluding diaryl/α,β-unsaturated/α-hetero) is 1. The van der Waals surface area contributed by atoms with Crippen LogP contribution < -0.4 is 9.46 Å². The molecule has 3 aromatic rings. The van der Waals surface area contributed by atoms with E-state index in [-0.39, 0.29) is 10.7 Å². The van der Waals surface area contributed by atoms with Gasteiger partial charge in [-0.25, -0.2) is 13.1 Å². The molecule has 0 amide bonds. The number of carbonyl (C=O) groups is 1. The van der Waals surface area contributed by atoms with E-state index in [0.29, 0.717) is 23.4 Å². The molecule has 0 unspecified atom stereocenters. The van der Waals surface area contributed by atoms with Crippen molar-refractivity contribution in [2.75, 3.05) is 11.8 Å². The minimum absolute atomic E-state index is 0.107. The molecule has 28 heavy (non-hydrogen) atoms. The molecule has 1 aromatic heterocycles. The standard InChI is InChI=1S/C20H19N3O4S/c1-27-16-9-5-14(6-10-16)22-28(25,26)17-11-7-15(8-12-17)23-19-3-2-4-20(24)18(19)13-21-23/h5-13,22H,2-4H2,1H3. The Bertz CT molecular complexity index is 1120. The average Bonchev–Trinajstić information content (AvgIpc) is 3.14. The van der Waals surface area contributed by atoms with Crippen LogP contribution in [0.1, 0.15) is 28.9 Å². The maximum atomic E-state index is 12.6. The van der Waals surface area contributed by atoms with Crippen molar-refractivity contribution in [1.29, 1.82) is 0 Å². The summed E-state index contributed by atoms with van der Waals surface area (Å²) in [6, 6.07) is 13.1. The third kappa shape index (κ3) is 3.38. The maximum Gasteiger partial charge on any atom is 0.261 e. The molecule has 2 aromatic carbocycles. The maximum absolute atomic E-state index is 12.6. The third-order valence-corrected chi connectivity index (χ3v) is 6.12. The number of rotatable bonds is 5. The van der Waals surface area contributed by atoms with Crippen LogP contribution in [0.15, 0.2) is 59.6 Å². The van der Waals surface area contributed by atoms with Gasteiger partial charge in [-0.15, -0.1) is 0 Å². The summed E-state index contributed by atoms with van der Waals surface area (Å²) in [6.07, 6.45) is 3.72. The van der Waals surface area contributed by atoms with Crippen LogP contribution in [0.3, 0.4) is 0 Å². The second kappa shape index (κ2) is 7.12. The fraction of sp³-hybridized carbons (Fsp3) is 0.200. The Morgan fingerprint density at radius 2 is 1.75 bits per heavy atom. The average molecular weight is 397 g/mol. The summed E-state index contributed by atoms with van der Waals surface area (Å²) in [5.41, 5.74) is 2.70. The van der Waals surface area contributed by atoms with Gasteiger partial charge in [0.15, 0.2) is 5.78 Å². The number of ketones is 1. The van der Waals surface area contributed by atoms with E-state index in [1.54, 1.807) is 54.4 Å². The lowest BCUT2D eigenvalue weighted by molar-refractivity contribution is 0.0972. The Balaban J connectivity index is 1.58. The van der Waals surface area contributed by atoms with Gasteiger partial charge in [0, 0.05) is 12.1 Å². The second-order valence-corrected chi connectivity index (χ2v) is 8.20. The van der Waals surface area contributed by atoms with Crippen molar-refractivity contribution in [3.63, 3.8) is 0 Å². The predicted octanol–water partition coefficient (Wildman–Crippen LogP) is 3.20. The summed E-state index contributed by atoms with van der Waals surface area (Å²) in [4.78, 5) is 12.1. The van der Waals surface area contributed by atoms with Gasteiger partial charge < -0.3 is 4.74 Å². The number of anilines is 1. The van der Waals surface area contributed by atoms with Gasteiger partial charge in [0.25, 0.3) is 10.0 Å². The first-order valence-corrected chi connectivity index (χ1v) is 10.3. The van der Waals surface area contributed by atoms with E-state index < -0.39 is 10.0 Å². The minimum atomic E-state index is -3.72. The van der Waals surface area contributed by atoms with Crippen molar-refractivity contribution in [2.24, 2.45) is 0 Å². The molecule has 0 saturated heterocycles. The molecular weight excluding hydrogens is 378 g/mol. The van der Waals surface area contributed by atoms with E-state index in [1.165, 1.54) is 12.1 Å². The van der Waals surface area contributed by atoms with Crippen molar-refractivity contribution in [3.8, 4) is 11.4 Å². The summed E-state index contributed by atoms with van der Waals surface area (Å²) in [7, 11) is -2.17. The van der Waals surface area contributed by atoms with Crippen molar-refractivity contribution in [1.82, 2.24) is 9.78 Å². The Morgan fingerprint density at radius 3 is 2.43 bits per heavy atom. The number of carbonyl (C=O) groups excluding carboxylic acids is 1. The second-order valence-electron chi connectivity index (χ2n) is 6.52. The first kappa shape index (κ1) is 18.2. The Hall–Kier alpha value is -3.13. The highest BCUT2D eigenvalue weighted by molar-refractivity contribution is 7.92. The van der Waals surface area contributed by atoms with E-state index in [9.17, 15) is 13.2 Å². The first-order valence-electron chi connectivity index (χ1n) is 8.85. The van der Waals surface area contributed by atoms with Crippen molar-refractivity contribution >= 4 is 21.5 Å². The molecular formula is C20H19N3O4S. The number of ether oxygens (including phenoxy) is 1. The summed E-state index contributed by atoms with van der Waals surface area (Å²) in [5, 5.41) is 4.31. The number of nitrogens with zero attached hydrogens (tertiary/aromatic N) is 2. The van der Waals surface area contributed by atoms with Gasteiger partial charge in [0.05, 0.1) is 35.1 Å². The van der Waals surface area contributed by atoms with E-state index in [0.717, 1.165) is 24.2 Å². The normalized spacial score (nSPS) is 13.8. The quantitative estimate of drug-likeness (QED) is 0.714. The number of benzene rings is 2. The van der Waals surface area contributed by atoms with Gasteiger partial charge in [0.2, 0.25) is 0 Å². The zero-order valence-corrected chi connectivity index (χ0v) is 16.1. The van der Waals surface area contributed by atoms with Crippen LogP contribution >= 0.6 is 0 Å². The fourth-order valence-electron chi connectivity index (χ4n) is 3.26. The summed E-state index contributed by atoms with van der Waals surface area (Å²) >= 11 is 0.